The summed E-state index contributed by atoms with van der Waals surface area (Å²) in [6.45, 7) is 4.71. The van der Waals surface area contributed by atoms with Gasteiger partial charge in [-0.3, -0.25) is 0 Å². The highest BCUT2D eigenvalue weighted by molar-refractivity contribution is 6.31. The molecule has 2 nitrogen and oxygen atoms in total. The Bertz CT molecular complexity index is 301. The quantitative estimate of drug-likeness (QED) is 0.831. The first-order valence-corrected chi connectivity index (χ1v) is 5.07. The molecule has 3 heteroatoms. The van der Waals surface area contributed by atoms with Crippen LogP contribution in [0.1, 0.15) is 12.5 Å². The van der Waals surface area contributed by atoms with Crippen molar-refractivity contribution in [2.45, 2.75) is 19.9 Å². The van der Waals surface area contributed by atoms with Gasteiger partial charge < -0.3 is 10.1 Å². The number of benzene rings is 1. The van der Waals surface area contributed by atoms with Crippen LogP contribution in [0, 0.1) is 6.92 Å². The fourth-order valence-electron chi connectivity index (χ4n) is 1.01. The van der Waals surface area contributed by atoms with Crippen LogP contribution in [0.25, 0.3) is 0 Å². The van der Waals surface area contributed by atoms with Crippen molar-refractivity contribution in [3.63, 3.8) is 0 Å². The Balaban J connectivity index is 2.55. The van der Waals surface area contributed by atoms with Crippen molar-refractivity contribution in [1.29, 1.82) is 0 Å². The first-order valence-electron chi connectivity index (χ1n) is 4.69. The summed E-state index contributed by atoms with van der Waals surface area (Å²) in [5, 5.41) is 3.89. The van der Waals surface area contributed by atoms with Gasteiger partial charge in [0.2, 0.25) is 0 Å². The van der Waals surface area contributed by atoms with Crippen LogP contribution in [0.3, 0.4) is 0 Å². The van der Waals surface area contributed by atoms with E-state index in [-0.39, 0.29) is 0 Å². The van der Waals surface area contributed by atoms with Crippen molar-refractivity contribution in [2.24, 2.45) is 0 Å². The molecule has 0 saturated heterocycles. The predicted molar refractivity (Wildman–Crippen MR) is 60.2 cm³/mol. The van der Waals surface area contributed by atoms with Gasteiger partial charge >= 0.3 is 0 Å². The lowest BCUT2D eigenvalue weighted by Gasteiger charge is -2.12. The Hall–Kier alpha value is -0.730. The first-order chi connectivity index (χ1) is 6.63. The molecule has 1 unspecified atom stereocenters. The zero-order chi connectivity index (χ0) is 10.6. The summed E-state index contributed by atoms with van der Waals surface area (Å²) in [6, 6.07) is 6.05. The van der Waals surface area contributed by atoms with Crippen LogP contribution in [0.4, 0.5) is 0 Å². The number of halogens is 1. The molecule has 0 spiro atoms. The number of likely N-dealkylation sites (N-methyl/N-ethyl adjacent to an activating group) is 1. The number of ether oxygens (including phenoxy) is 1. The summed E-state index contributed by atoms with van der Waals surface area (Å²) in [4.78, 5) is 0. The van der Waals surface area contributed by atoms with Crippen LogP contribution in [-0.2, 0) is 0 Å². The molecule has 0 amide bonds. The van der Waals surface area contributed by atoms with E-state index in [1.165, 1.54) is 0 Å². The van der Waals surface area contributed by atoms with Gasteiger partial charge in [-0.25, -0.2) is 0 Å². The zero-order valence-corrected chi connectivity index (χ0v) is 9.56. The fraction of sp³-hybridized carbons (Fsp3) is 0.455. The number of hydrogen-bond acceptors (Lipinski definition) is 2. The van der Waals surface area contributed by atoms with Gasteiger partial charge in [-0.15, -0.1) is 0 Å². The van der Waals surface area contributed by atoms with E-state index in [9.17, 15) is 0 Å². The minimum atomic E-state index is 0.353. The lowest BCUT2D eigenvalue weighted by atomic mass is 10.2. The molecule has 1 N–H and O–H groups in total. The minimum absolute atomic E-state index is 0.353. The molecule has 1 aromatic carbocycles. The highest BCUT2D eigenvalue weighted by Crippen LogP contribution is 2.20. The molecule has 0 saturated carbocycles. The molecular formula is C11H16ClNO. The first kappa shape index (κ1) is 11.3. The number of hydrogen-bond donors (Lipinski definition) is 1. The zero-order valence-electron chi connectivity index (χ0n) is 8.80. The highest BCUT2D eigenvalue weighted by atomic mass is 35.5. The lowest BCUT2D eigenvalue weighted by molar-refractivity contribution is 0.280. The Kier molecular flexibility index (Phi) is 4.23. The second-order valence-corrected chi connectivity index (χ2v) is 3.82. The summed E-state index contributed by atoms with van der Waals surface area (Å²) < 4.78 is 5.57. The highest BCUT2D eigenvalue weighted by Gasteiger charge is 2.01. The summed E-state index contributed by atoms with van der Waals surface area (Å²) >= 11 is 5.90. The normalized spacial score (nSPS) is 12.6. The van der Waals surface area contributed by atoms with Crippen molar-refractivity contribution >= 4 is 11.6 Å². The number of rotatable bonds is 4. The summed E-state index contributed by atoms with van der Waals surface area (Å²) in [5.41, 5.74) is 1.04. The molecule has 0 fully saturated rings. The third-order valence-electron chi connectivity index (χ3n) is 2.12. The van der Waals surface area contributed by atoms with Gasteiger partial charge in [0.05, 0.1) is 0 Å². The summed E-state index contributed by atoms with van der Waals surface area (Å²) in [7, 11) is 1.92. The van der Waals surface area contributed by atoms with Gasteiger partial charge in [0.25, 0.3) is 0 Å². The second-order valence-electron chi connectivity index (χ2n) is 3.41. The molecule has 78 valence electrons. The smallest absolute Gasteiger partial charge is 0.119 e. The minimum Gasteiger partial charge on any atom is -0.492 e. The average Bonchev–Trinajstić information content (AvgIpc) is 2.19. The SMILES string of the molecule is CNC(C)COc1ccc(Cl)c(C)c1. The molecule has 0 aliphatic rings. The van der Waals surface area contributed by atoms with Crippen molar-refractivity contribution in [3.8, 4) is 5.75 Å². The van der Waals surface area contributed by atoms with E-state index < -0.39 is 0 Å². The molecule has 14 heavy (non-hydrogen) atoms. The van der Waals surface area contributed by atoms with E-state index in [0.717, 1.165) is 16.3 Å². The summed E-state index contributed by atoms with van der Waals surface area (Å²) in [5.74, 6) is 0.869. The predicted octanol–water partition coefficient (Wildman–Crippen LogP) is 2.64. The van der Waals surface area contributed by atoms with Crippen LogP contribution < -0.4 is 10.1 Å². The van der Waals surface area contributed by atoms with E-state index in [4.69, 9.17) is 16.3 Å². The van der Waals surface area contributed by atoms with Gasteiger partial charge in [-0.05, 0) is 44.7 Å². The average molecular weight is 214 g/mol. The van der Waals surface area contributed by atoms with Crippen molar-refractivity contribution in [2.75, 3.05) is 13.7 Å². The molecule has 0 heterocycles. The second kappa shape index (κ2) is 5.23. The Morgan fingerprint density at radius 2 is 2.21 bits per heavy atom. The van der Waals surface area contributed by atoms with Crippen molar-refractivity contribution in [1.82, 2.24) is 5.32 Å². The van der Waals surface area contributed by atoms with Gasteiger partial charge in [0, 0.05) is 11.1 Å². The monoisotopic (exact) mass is 213 g/mol. The molecule has 1 atom stereocenters. The topological polar surface area (TPSA) is 21.3 Å². The van der Waals surface area contributed by atoms with Crippen LogP contribution in [0.2, 0.25) is 5.02 Å². The molecule has 0 bridgehead atoms. The van der Waals surface area contributed by atoms with E-state index in [0.29, 0.717) is 12.6 Å². The van der Waals surface area contributed by atoms with Crippen LogP contribution in [0.15, 0.2) is 18.2 Å². The van der Waals surface area contributed by atoms with Gasteiger partial charge in [0.15, 0.2) is 0 Å². The van der Waals surface area contributed by atoms with Crippen molar-refractivity contribution in [3.05, 3.63) is 28.8 Å². The van der Waals surface area contributed by atoms with E-state index in [2.05, 4.69) is 12.2 Å². The fourth-order valence-corrected chi connectivity index (χ4v) is 1.13. The van der Waals surface area contributed by atoms with Gasteiger partial charge in [0.1, 0.15) is 12.4 Å². The molecule has 0 radical (unpaired) electrons. The number of nitrogens with one attached hydrogen (secondary N) is 1. The third kappa shape index (κ3) is 3.20. The molecular weight excluding hydrogens is 198 g/mol. The van der Waals surface area contributed by atoms with E-state index in [1.807, 2.05) is 32.2 Å². The maximum Gasteiger partial charge on any atom is 0.119 e. The Labute approximate surface area is 90.2 Å². The van der Waals surface area contributed by atoms with Crippen LogP contribution >= 0.6 is 11.6 Å². The van der Waals surface area contributed by atoms with Gasteiger partial charge in [-0.1, -0.05) is 11.6 Å². The maximum atomic E-state index is 5.90. The largest absolute Gasteiger partial charge is 0.492 e. The van der Waals surface area contributed by atoms with Crippen LogP contribution in [-0.4, -0.2) is 19.7 Å². The summed E-state index contributed by atoms with van der Waals surface area (Å²) in [6.07, 6.45) is 0. The Morgan fingerprint density at radius 1 is 1.50 bits per heavy atom. The molecule has 1 aromatic rings. The maximum absolute atomic E-state index is 5.90. The molecule has 0 aliphatic heterocycles. The van der Waals surface area contributed by atoms with E-state index >= 15 is 0 Å². The standard InChI is InChI=1S/C11H16ClNO/c1-8-6-10(4-5-11(8)12)14-7-9(2)13-3/h4-6,9,13H,7H2,1-3H3. The molecule has 1 rings (SSSR count). The molecule has 0 aromatic heterocycles. The molecule has 0 aliphatic carbocycles. The Morgan fingerprint density at radius 3 is 2.79 bits per heavy atom. The van der Waals surface area contributed by atoms with Crippen molar-refractivity contribution < 1.29 is 4.74 Å². The van der Waals surface area contributed by atoms with Crippen LogP contribution in [0.5, 0.6) is 5.75 Å². The lowest BCUT2D eigenvalue weighted by Crippen LogP contribution is -2.28. The third-order valence-corrected chi connectivity index (χ3v) is 2.55. The van der Waals surface area contributed by atoms with E-state index in [1.54, 1.807) is 0 Å². The number of aryl methyl sites for hydroxylation is 1. The van der Waals surface area contributed by atoms with Gasteiger partial charge in [-0.2, -0.15) is 0 Å².